The molecule has 144 valence electrons. The summed E-state index contributed by atoms with van der Waals surface area (Å²) in [6.45, 7) is 8.17. The van der Waals surface area contributed by atoms with E-state index in [1.54, 1.807) is 0 Å². The molecule has 7 nitrogen and oxygen atoms in total. The van der Waals surface area contributed by atoms with Gasteiger partial charge in [-0.25, -0.2) is 9.98 Å². The van der Waals surface area contributed by atoms with Gasteiger partial charge in [-0.15, -0.1) is 0 Å². The summed E-state index contributed by atoms with van der Waals surface area (Å²) in [6.07, 6.45) is 5.66. The lowest BCUT2D eigenvalue weighted by atomic mass is 9.96. The van der Waals surface area contributed by atoms with Crippen molar-refractivity contribution >= 4 is 17.7 Å². The van der Waals surface area contributed by atoms with Gasteiger partial charge >= 0.3 is 0 Å². The number of hydrogen-bond donors (Lipinski definition) is 3. The standard InChI is InChI=1S/C19H32N6O/c1-3-5-10-23-19(21-4-2)24-14-16-7-6-11-22-18(16)25-12-8-15(9-13-25)17(20)26/h6-7,11,15H,3-5,8-10,12-14H2,1-2H3,(H2,20,26)(H2,21,23,24). The molecule has 0 saturated carbocycles. The number of carbonyl (C=O) groups excluding carboxylic acids is 1. The number of guanidine groups is 1. The van der Waals surface area contributed by atoms with E-state index in [1.165, 1.54) is 0 Å². The van der Waals surface area contributed by atoms with E-state index < -0.39 is 0 Å². The van der Waals surface area contributed by atoms with E-state index in [9.17, 15) is 4.79 Å². The van der Waals surface area contributed by atoms with Crippen molar-refractivity contribution in [1.82, 2.24) is 15.6 Å². The van der Waals surface area contributed by atoms with E-state index in [0.717, 1.165) is 69.2 Å². The Hall–Kier alpha value is -2.31. The van der Waals surface area contributed by atoms with Crippen LogP contribution in [0.2, 0.25) is 0 Å². The number of aliphatic imine (C=N–C) groups is 1. The van der Waals surface area contributed by atoms with Gasteiger partial charge in [-0.05, 0) is 32.3 Å². The van der Waals surface area contributed by atoms with Crippen LogP contribution in [-0.4, -0.2) is 43.0 Å². The van der Waals surface area contributed by atoms with Crippen LogP contribution in [0.3, 0.4) is 0 Å². The third kappa shape index (κ3) is 5.89. The molecule has 7 heteroatoms. The number of hydrogen-bond acceptors (Lipinski definition) is 4. The van der Waals surface area contributed by atoms with Crippen molar-refractivity contribution in [3.05, 3.63) is 23.9 Å². The quantitative estimate of drug-likeness (QED) is 0.372. The van der Waals surface area contributed by atoms with Gasteiger partial charge < -0.3 is 21.3 Å². The summed E-state index contributed by atoms with van der Waals surface area (Å²) in [4.78, 5) is 22.9. The average Bonchev–Trinajstić information content (AvgIpc) is 2.66. The molecule has 0 radical (unpaired) electrons. The molecule has 1 aromatic heterocycles. The molecule has 2 rings (SSSR count). The van der Waals surface area contributed by atoms with E-state index in [2.05, 4.69) is 40.4 Å². The van der Waals surface area contributed by atoms with E-state index in [4.69, 9.17) is 10.7 Å². The number of anilines is 1. The van der Waals surface area contributed by atoms with Crippen LogP contribution < -0.4 is 21.3 Å². The van der Waals surface area contributed by atoms with Crippen molar-refractivity contribution < 1.29 is 4.79 Å². The molecule has 0 bridgehead atoms. The minimum absolute atomic E-state index is 0.0143. The molecule has 1 saturated heterocycles. The lowest BCUT2D eigenvalue weighted by Crippen LogP contribution is -2.39. The van der Waals surface area contributed by atoms with Crippen LogP contribution in [0.4, 0.5) is 5.82 Å². The van der Waals surface area contributed by atoms with Crippen LogP contribution in [0.15, 0.2) is 23.3 Å². The molecule has 0 aromatic carbocycles. The first kappa shape index (κ1) is 20.0. The first-order valence-corrected chi connectivity index (χ1v) is 9.66. The summed E-state index contributed by atoms with van der Waals surface area (Å²) in [5.74, 6) is 1.59. The Kier molecular flexibility index (Phi) is 8.18. The first-order valence-electron chi connectivity index (χ1n) is 9.66. The average molecular weight is 361 g/mol. The molecule has 1 aliphatic rings. The minimum atomic E-state index is -0.191. The van der Waals surface area contributed by atoms with Crippen LogP contribution in [0.1, 0.15) is 45.1 Å². The zero-order valence-corrected chi connectivity index (χ0v) is 16.0. The number of pyridine rings is 1. The second-order valence-corrected chi connectivity index (χ2v) is 6.63. The Labute approximate surface area is 156 Å². The number of nitrogens with two attached hydrogens (primary N) is 1. The highest BCUT2D eigenvalue weighted by atomic mass is 16.1. The van der Waals surface area contributed by atoms with Crippen molar-refractivity contribution in [2.45, 2.75) is 46.1 Å². The fourth-order valence-corrected chi connectivity index (χ4v) is 3.10. The summed E-state index contributed by atoms with van der Waals surface area (Å²) in [7, 11) is 0. The van der Waals surface area contributed by atoms with Crippen LogP contribution in [0.25, 0.3) is 0 Å². The third-order valence-corrected chi connectivity index (χ3v) is 4.64. The Bertz CT molecular complexity index is 595. The lowest BCUT2D eigenvalue weighted by molar-refractivity contribution is -0.122. The van der Waals surface area contributed by atoms with Gasteiger partial charge in [0, 0.05) is 43.9 Å². The van der Waals surface area contributed by atoms with Gasteiger partial charge in [0.2, 0.25) is 5.91 Å². The predicted molar refractivity (Wildman–Crippen MR) is 106 cm³/mol. The lowest BCUT2D eigenvalue weighted by Gasteiger charge is -2.32. The highest BCUT2D eigenvalue weighted by molar-refractivity contribution is 5.79. The normalized spacial score (nSPS) is 15.8. The Morgan fingerprint density at radius 1 is 1.35 bits per heavy atom. The molecule has 26 heavy (non-hydrogen) atoms. The monoisotopic (exact) mass is 360 g/mol. The molecular weight excluding hydrogens is 328 g/mol. The van der Waals surface area contributed by atoms with E-state index in [1.807, 2.05) is 12.3 Å². The maximum Gasteiger partial charge on any atom is 0.220 e. The van der Waals surface area contributed by atoms with Gasteiger partial charge in [-0.3, -0.25) is 4.79 Å². The smallest absolute Gasteiger partial charge is 0.220 e. The largest absolute Gasteiger partial charge is 0.369 e. The molecule has 0 spiro atoms. The molecule has 2 heterocycles. The van der Waals surface area contributed by atoms with Gasteiger partial charge in [0.1, 0.15) is 5.82 Å². The zero-order valence-electron chi connectivity index (χ0n) is 16.0. The van der Waals surface area contributed by atoms with Crippen molar-refractivity contribution in [2.24, 2.45) is 16.6 Å². The molecule has 0 unspecified atom stereocenters. The zero-order chi connectivity index (χ0) is 18.8. The maximum absolute atomic E-state index is 11.4. The maximum atomic E-state index is 11.4. The SMILES string of the molecule is CCCCNC(=NCc1cccnc1N1CCC(C(N)=O)CC1)NCC. The Morgan fingerprint density at radius 3 is 2.77 bits per heavy atom. The second-order valence-electron chi connectivity index (χ2n) is 6.63. The fraction of sp³-hybridized carbons (Fsp3) is 0.632. The molecule has 0 atom stereocenters. The molecule has 4 N–H and O–H groups in total. The number of nitrogens with zero attached hydrogens (tertiary/aromatic N) is 3. The highest BCUT2D eigenvalue weighted by Crippen LogP contribution is 2.24. The topological polar surface area (TPSA) is 95.6 Å². The molecule has 1 amide bonds. The predicted octanol–water partition coefficient (Wildman–Crippen LogP) is 1.64. The Balaban J connectivity index is 2.03. The van der Waals surface area contributed by atoms with Crippen LogP contribution >= 0.6 is 0 Å². The van der Waals surface area contributed by atoms with Gasteiger partial charge in [0.15, 0.2) is 5.96 Å². The third-order valence-electron chi connectivity index (χ3n) is 4.64. The summed E-state index contributed by atoms with van der Waals surface area (Å²) in [6, 6.07) is 4.02. The molecule has 0 aliphatic carbocycles. The van der Waals surface area contributed by atoms with Crippen LogP contribution in [0, 0.1) is 5.92 Å². The van der Waals surface area contributed by atoms with Gasteiger partial charge in [0.05, 0.1) is 6.54 Å². The highest BCUT2D eigenvalue weighted by Gasteiger charge is 2.24. The number of nitrogens with one attached hydrogen (secondary N) is 2. The minimum Gasteiger partial charge on any atom is -0.369 e. The van der Waals surface area contributed by atoms with E-state index in [0.29, 0.717) is 6.54 Å². The van der Waals surface area contributed by atoms with Gasteiger partial charge in [-0.2, -0.15) is 0 Å². The van der Waals surface area contributed by atoms with Gasteiger partial charge in [0.25, 0.3) is 0 Å². The fourth-order valence-electron chi connectivity index (χ4n) is 3.10. The van der Waals surface area contributed by atoms with Crippen LogP contribution in [0.5, 0.6) is 0 Å². The number of unbranched alkanes of at least 4 members (excludes halogenated alkanes) is 1. The Morgan fingerprint density at radius 2 is 2.12 bits per heavy atom. The first-order chi connectivity index (χ1) is 12.7. The summed E-state index contributed by atoms with van der Waals surface area (Å²) < 4.78 is 0. The molecule has 1 aliphatic heterocycles. The summed E-state index contributed by atoms with van der Waals surface area (Å²) >= 11 is 0. The summed E-state index contributed by atoms with van der Waals surface area (Å²) in [5, 5.41) is 6.65. The summed E-state index contributed by atoms with van der Waals surface area (Å²) in [5.41, 5.74) is 6.53. The number of primary amides is 1. The van der Waals surface area contributed by atoms with Crippen molar-refractivity contribution in [3.8, 4) is 0 Å². The number of rotatable bonds is 8. The van der Waals surface area contributed by atoms with Crippen molar-refractivity contribution in [2.75, 3.05) is 31.1 Å². The number of piperidine rings is 1. The second kappa shape index (κ2) is 10.6. The molecule has 1 fully saturated rings. The number of amides is 1. The molecule has 1 aromatic rings. The molecular formula is C19H32N6O. The number of carbonyl (C=O) groups is 1. The van der Waals surface area contributed by atoms with E-state index >= 15 is 0 Å². The number of aromatic nitrogens is 1. The van der Waals surface area contributed by atoms with Crippen molar-refractivity contribution in [3.63, 3.8) is 0 Å². The van der Waals surface area contributed by atoms with Crippen molar-refractivity contribution in [1.29, 1.82) is 0 Å². The van der Waals surface area contributed by atoms with Gasteiger partial charge in [-0.1, -0.05) is 19.4 Å². The van der Waals surface area contributed by atoms with Crippen LogP contribution in [-0.2, 0) is 11.3 Å². The van der Waals surface area contributed by atoms with E-state index in [-0.39, 0.29) is 11.8 Å².